The maximum atomic E-state index is 12.4. The van der Waals surface area contributed by atoms with Crippen molar-refractivity contribution in [1.29, 1.82) is 0 Å². The molecule has 3 rings (SSSR count). The number of furan rings is 1. The third kappa shape index (κ3) is 2.44. The van der Waals surface area contributed by atoms with Gasteiger partial charge in [0.15, 0.2) is 5.78 Å². The first-order chi connectivity index (χ1) is 10.6. The van der Waals surface area contributed by atoms with Crippen LogP contribution in [0.2, 0.25) is 0 Å². The minimum atomic E-state index is -0.636. The van der Waals surface area contributed by atoms with Gasteiger partial charge in [-0.2, -0.15) is 0 Å². The molecular formula is C15H11NO6. The summed E-state index contributed by atoms with van der Waals surface area (Å²) >= 11 is 0. The Morgan fingerprint density at radius 2 is 2.14 bits per heavy atom. The van der Waals surface area contributed by atoms with Crippen molar-refractivity contribution in [3.8, 4) is 11.5 Å². The van der Waals surface area contributed by atoms with E-state index in [1.165, 1.54) is 25.3 Å². The first-order valence-corrected chi connectivity index (χ1v) is 6.39. The molecular weight excluding hydrogens is 290 g/mol. The lowest BCUT2D eigenvalue weighted by atomic mass is 9.99. The van der Waals surface area contributed by atoms with Crippen molar-refractivity contribution >= 4 is 17.7 Å². The molecule has 1 aliphatic rings. The van der Waals surface area contributed by atoms with E-state index in [9.17, 15) is 14.9 Å². The van der Waals surface area contributed by atoms with Crippen molar-refractivity contribution in [2.45, 2.75) is 0 Å². The molecule has 0 saturated heterocycles. The summed E-state index contributed by atoms with van der Waals surface area (Å²) in [6.45, 7) is 0.0630. The fraction of sp³-hybridized carbons (Fsp3) is 0.133. The molecule has 7 nitrogen and oxygen atoms in total. The van der Waals surface area contributed by atoms with Gasteiger partial charge in [0.05, 0.1) is 18.7 Å². The molecule has 0 atom stereocenters. The van der Waals surface area contributed by atoms with Gasteiger partial charge in [-0.25, -0.2) is 0 Å². The van der Waals surface area contributed by atoms with Crippen LogP contribution in [0, 0.1) is 10.1 Å². The molecule has 0 spiro atoms. The molecule has 0 bridgehead atoms. The summed E-state index contributed by atoms with van der Waals surface area (Å²) in [6, 6.07) is 7.60. The normalized spacial score (nSPS) is 15.3. The minimum Gasteiger partial charge on any atom is -0.497 e. The van der Waals surface area contributed by atoms with E-state index >= 15 is 0 Å². The number of ether oxygens (including phenoxy) is 2. The molecule has 0 unspecified atom stereocenters. The molecule has 22 heavy (non-hydrogen) atoms. The van der Waals surface area contributed by atoms with E-state index in [1.807, 2.05) is 0 Å². The molecule has 7 heteroatoms. The Bertz CT molecular complexity index is 789. The lowest BCUT2D eigenvalue weighted by Crippen LogP contribution is -2.19. The Kier molecular flexibility index (Phi) is 3.38. The van der Waals surface area contributed by atoms with Crippen molar-refractivity contribution in [2.75, 3.05) is 13.7 Å². The Morgan fingerprint density at radius 3 is 2.82 bits per heavy atom. The molecule has 2 aromatic rings. The van der Waals surface area contributed by atoms with Crippen molar-refractivity contribution < 1.29 is 23.6 Å². The quantitative estimate of drug-likeness (QED) is 0.491. The zero-order valence-electron chi connectivity index (χ0n) is 11.6. The summed E-state index contributed by atoms with van der Waals surface area (Å²) in [5, 5.41) is 10.6. The van der Waals surface area contributed by atoms with Crippen LogP contribution >= 0.6 is 0 Å². The number of rotatable bonds is 3. The molecule has 1 aromatic carbocycles. The average Bonchev–Trinajstić information content (AvgIpc) is 2.98. The summed E-state index contributed by atoms with van der Waals surface area (Å²) in [4.78, 5) is 22.3. The number of carbonyl (C=O) groups excluding carboxylic acids is 1. The second-order valence-corrected chi connectivity index (χ2v) is 4.58. The first-order valence-electron chi connectivity index (χ1n) is 6.39. The number of Topliss-reactive ketones (excluding diaryl/α,β-unsaturated/α-hetero) is 1. The van der Waals surface area contributed by atoms with Gasteiger partial charge in [0.25, 0.3) is 0 Å². The summed E-state index contributed by atoms with van der Waals surface area (Å²) < 4.78 is 15.6. The number of methoxy groups -OCH3 is 1. The van der Waals surface area contributed by atoms with E-state index in [2.05, 4.69) is 0 Å². The van der Waals surface area contributed by atoms with Crippen LogP contribution in [0.15, 0.2) is 40.3 Å². The fourth-order valence-corrected chi connectivity index (χ4v) is 2.13. The monoisotopic (exact) mass is 301 g/mol. The highest BCUT2D eigenvalue weighted by molar-refractivity contribution is 6.14. The van der Waals surface area contributed by atoms with Crippen LogP contribution in [-0.2, 0) is 0 Å². The van der Waals surface area contributed by atoms with Gasteiger partial charge in [0.1, 0.15) is 28.8 Å². The highest BCUT2D eigenvalue weighted by Gasteiger charge is 2.24. The predicted molar refractivity (Wildman–Crippen MR) is 76.2 cm³/mol. The minimum absolute atomic E-state index is 0.0630. The van der Waals surface area contributed by atoms with Crippen LogP contribution in [0.5, 0.6) is 11.5 Å². The lowest BCUT2D eigenvalue weighted by Gasteiger charge is -2.19. The fourth-order valence-electron chi connectivity index (χ4n) is 2.13. The molecule has 0 N–H and O–H groups in total. The van der Waals surface area contributed by atoms with Crippen molar-refractivity contribution in [3.05, 3.63) is 57.3 Å². The maximum absolute atomic E-state index is 12.4. The van der Waals surface area contributed by atoms with E-state index in [0.29, 0.717) is 22.6 Å². The standard InChI is InChI=1S/C15H11NO6/c1-20-10-2-4-12-13(7-10)21-8-9(15(12)17)6-11-3-5-14(22-11)16(18)19/h2-7H,8H2,1H3/b9-6+. The van der Waals surface area contributed by atoms with E-state index in [4.69, 9.17) is 13.9 Å². The number of hydrogen-bond acceptors (Lipinski definition) is 6. The first kappa shape index (κ1) is 13.9. The van der Waals surface area contributed by atoms with Crippen molar-refractivity contribution in [2.24, 2.45) is 0 Å². The van der Waals surface area contributed by atoms with Gasteiger partial charge in [0.2, 0.25) is 0 Å². The molecule has 2 heterocycles. The Morgan fingerprint density at radius 1 is 1.32 bits per heavy atom. The average molecular weight is 301 g/mol. The van der Waals surface area contributed by atoms with Gasteiger partial charge in [-0.05, 0) is 24.3 Å². The predicted octanol–water partition coefficient (Wildman–Crippen LogP) is 2.86. The van der Waals surface area contributed by atoms with Crippen LogP contribution in [-0.4, -0.2) is 24.4 Å². The van der Waals surface area contributed by atoms with Gasteiger partial charge in [-0.15, -0.1) is 0 Å². The maximum Gasteiger partial charge on any atom is 0.433 e. The van der Waals surface area contributed by atoms with Crippen LogP contribution < -0.4 is 9.47 Å². The van der Waals surface area contributed by atoms with E-state index in [1.54, 1.807) is 18.2 Å². The molecule has 112 valence electrons. The molecule has 0 aliphatic carbocycles. The lowest BCUT2D eigenvalue weighted by molar-refractivity contribution is -0.402. The largest absolute Gasteiger partial charge is 0.497 e. The molecule has 0 fully saturated rings. The van der Waals surface area contributed by atoms with Gasteiger partial charge >= 0.3 is 5.88 Å². The van der Waals surface area contributed by atoms with Gasteiger partial charge in [-0.1, -0.05) is 0 Å². The van der Waals surface area contributed by atoms with E-state index < -0.39 is 4.92 Å². The summed E-state index contributed by atoms with van der Waals surface area (Å²) in [7, 11) is 1.53. The summed E-state index contributed by atoms with van der Waals surface area (Å²) in [5.74, 6) is 0.701. The number of carbonyl (C=O) groups is 1. The zero-order chi connectivity index (χ0) is 15.7. The molecule has 0 saturated carbocycles. The van der Waals surface area contributed by atoms with Crippen molar-refractivity contribution in [1.82, 2.24) is 0 Å². The number of nitro groups is 1. The van der Waals surface area contributed by atoms with Crippen LogP contribution in [0.1, 0.15) is 16.1 Å². The van der Waals surface area contributed by atoms with Crippen LogP contribution in [0.25, 0.3) is 6.08 Å². The molecule has 1 aromatic heterocycles. The highest BCUT2D eigenvalue weighted by Crippen LogP contribution is 2.31. The van der Waals surface area contributed by atoms with Crippen LogP contribution in [0.4, 0.5) is 5.88 Å². The topological polar surface area (TPSA) is 91.8 Å². The smallest absolute Gasteiger partial charge is 0.433 e. The molecule has 0 radical (unpaired) electrons. The van der Waals surface area contributed by atoms with E-state index in [0.717, 1.165) is 0 Å². The van der Waals surface area contributed by atoms with E-state index in [-0.39, 0.29) is 24.0 Å². The number of ketones is 1. The number of benzene rings is 1. The molecule has 0 amide bonds. The third-order valence-electron chi connectivity index (χ3n) is 3.22. The third-order valence-corrected chi connectivity index (χ3v) is 3.22. The van der Waals surface area contributed by atoms with Crippen LogP contribution in [0.3, 0.4) is 0 Å². The second-order valence-electron chi connectivity index (χ2n) is 4.58. The second kappa shape index (κ2) is 5.36. The van der Waals surface area contributed by atoms with Gasteiger partial charge in [0, 0.05) is 11.6 Å². The number of fused-ring (bicyclic) bond motifs is 1. The van der Waals surface area contributed by atoms with Gasteiger partial charge in [-0.3, -0.25) is 14.9 Å². The summed E-state index contributed by atoms with van der Waals surface area (Å²) in [5.41, 5.74) is 0.779. The molecule has 1 aliphatic heterocycles. The SMILES string of the molecule is COc1ccc2c(c1)OC/C(=C\c1ccc([N+](=O)[O-])o1)C2=O. The zero-order valence-corrected chi connectivity index (χ0v) is 11.6. The van der Waals surface area contributed by atoms with Crippen molar-refractivity contribution in [3.63, 3.8) is 0 Å². The Hall–Kier alpha value is -3.09. The summed E-state index contributed by atoms with van der Waals surface area (Å²) in [6.07, 6.45) is 1.45. The number of nitrogens with zero attached hydrogens (tertiary/aromatic N) is 1. The Labute approximate surface area is 124 Å². The highest BCUT2D eigenvalue weighted by atomic mass is 16.6. The number of hydrogen-bond donors (Lipinski definition) is 0. The Balaban J connectivity index is 1.91. The van der Waals surface area contributed by atoms with Gasteiger partial charge < -0.3 is 13.9 Å².